The Kier molecular flexibility index (Phi) is 4.30. The first-order chi connectivity index (χ1) is 7.13. The van der Waals surface area contributed by atoms with Crippen LogP contribution in [0, 0.1) is 0 Å². The highest BCUT2D eigenvalue weighted by molar-refractivity contribution is 9.10. The van der Waals surface area contributed by atoms with E-state index >= 15 is 0 Å². The highest BCUT2D eigenvalue weighted by atomic mass is 79.9. The molecule has 5 heteroatoms. The van der Waals surface area contributed by atoms with E-state index in [2.05, 4.69) is 15.9 Å². The van der Waals surface area contributed by atoms with Crippen LogP contribution in [0.3, 0.4) is 0 Å². The van der Waals surface area contributed by atoms with Crippen LogP contribution >= 0.6 is 15.9 Å². The molecular weight excluding hydrogens is 267 g/mol. The number of carbonyl (C=O) groups is 1. The van der Waals surface area contributed by atoms with Crippen molar-refractivity contribution in [3.05, 3.63) is 41.1 Å². The van der Waals surface area contributed by atoms with Crippen molar-refractivity contribution in [2.75, 3.05) is 0 Å². The number of carboxylic acids is 1. The summed E-state index contributed by atoms with van der Waals surface area (Å²) in [5, 5.41) is 8.67. The summed E-state index contributed by atoms with van der Waals surface area (Å²) < 4.78 is 17.7. The van der Waals surface area contributed by atoms with Gasteiger partial charge in [-0.3, -0.25) is 0 Å². The van der Waals surface area contributed by atoms with E-state index in [-0.39, 0.29) is 6.33 Å². The summed E-state index contributed by atoms with van der Waals surface area (Å²) in [5.74, 6) is -0.879. The molecule has 0 saturated carbocycles. The van der Waals surface area contributed by atoms with Gasteiger partial charge in [-0.2, -0.15) is 0 Å². The Hall–Kier alpha value is -1.36. The van der Waals surface area contributed by atoms with E-state index in [4.69, 9.17) is 9.84 Å². The standard InChI is InChI=1S/C10H8BrFO3/c11-7-1-3-8(4-2-7)15-9(5-6-12)10(13)14/h1-6,9H,(H,13,14)/b6-5+/t9-/m0/s1. The number of rotatable bonds is 4. The van der Waals surface area contributed by atoms with Crippen LogP contribution in [-0.2, 0) is 4.79 Å². The topological polar surface area (TPSA) is 46.5 Å². The zero-order valence-corrected chi connectivity index (χ0v) is 9.15. The number of hydrogen-bond donors (Lipinski definition) is 1. The number of aliphatic carboxylic acids is 1. The lowest BCUT2D eigenvalue weighted by Crippen LogP contribution is -2.24. The van der Waals surface area contributed by atoms with E-state index in [0.29, 0.717) is 5.75 Å². The summed E-state index contributed by atoms with van der Waals surface area (Å²) >= 11 is 3.23. The van der Waals surface area contributed by atoms with Gasteiger partial charge in [0.25, 0.3) is 0 Å². The van der Waals surface area contributed by atoms with Crippen LogP contribution in [0.15, 0.2) is 41.1 Å². The lowest BCUT2D eigenvalue weighted by molar-refractivity contribution is -0.142. The summed E-state index contributed by atoms with van der Waals surface area (Å²) in [6.07, 6.45) is -0.335. The molecule has 0 aliphatic heterocycles. The summed E-state index contributed by atoms with van der Waals surface area (Å²) in [6, 6.07) is 6.58. The lowest BCUT2D eigenvalue weighted by atomic mass is 10.3. The minimum atomic E-state index is -1.31. The normalized spacial score (nSPS) is 12.7. The minimum Gasteiger partial charge on any atom is -0.478 e. The van der Waals surface area contributed by atoms with Crippen LogP contribution in [0.4, 0.5) is 4.39 Å². The van der Waals surface area contributed by atoms with E-state index < -0.39 is 12.1 Å². The van der Waals surface area contributed by atoms with Crippen molar-refractivity contribution < 1.29 is 19.0 Å². The van der Waals surface area contributed by atoms with Crippen molar-refractivity contribution in [1.29, 1.82) is 0 Å². The second-order valence-corrected chi connectivity index (χ2v) is 3.56. The van der Waals surface area contributed by atoms with Crippen molar-refractivity contribution in [3.8, 4) is 5.75 Å². The van der Waals surface area contributed by atoms with Crippen LogP contribution < -0.4 is 4.74 Å². The Morgan fingerprint density at radius 3 is 2.53 bits per heavy atom. The number of hydrogen-bond acceptors (Lipinski definition) is 2. The van der Waals surface area contributed by atoms with Gasteiger partial charge in [-0.15, -0.1) is 0 Å². The highest BCUT2D eigenvalue weighted by Gasteiger charge is 2.15. The fourth-order valence-electron chi connectivity index (χ4n) is 0.898. The van der Waals surface area contributed by atoms with Gasteiger partial charge < -0.3 is 9.84 Å². The molecule has 0 saturated heterocycles. The molecule has 0 amide bonds. The van der Waals surface area contributed by atoms with Gasteiger partial charge in [0.2, 0.25) is 6.10 Å². The molecule has 0 heterocycles. The minimum absolute atomic E-state index is 0.150. The predicted octanol–water partition coefficient (Wildman–Crippen LogP) is 2.76. The van der Waals surface area contributed by atoms with E-state index in [1.54, 1.807) is 24.3 Å². The van der Waals surface area contributed by atoms with E-state index in [1.165, 1.54) is 0 Å². The molecule has 0 aliphatic rings. The Balaban J connectivity index is 2.74. The first kappa shape index (κ1) is 11.7. The summed E-state index contributed by atoms with van der Waals surface area (Å²) in [4.78, 5) is 10.6. The first-order valence-electron chi connectivity index (χ1n) is 4.05. The fourth-order valence-corrected chi connectivity index (χ4v) is 1.16. The zero-order chi connectivity index (χ0) is 11.3. The summed E-state index contributed by atoms with van der Waals surface area (Å²) in [7, 11) is 0. The van der Waals surface area contributed by atoms with Crippen molar-refractivity contribution in [2.24, 2.45) is 0 Å². The monoisotopic (exact) mass is 274 g/mol. The van der Waals surface area contributed by atoms with Crippen LogP contribution in [-0.4, -0.2) is 17.2 Å². The molecule has 0 aliphatic carbocycles. The first-order valence-corrected chi connectivity index (χ1v) is 4.84. The lowest BCUT2D eigenvalue weighted by Gasteiger charge is -2.10. The van der Waals surface area contributed by atoms with Gasteiger partial charge in [-0.05, 0) is 30.3 Å². The molecule has 0 fully saturated rings. The fraction of sp³-hybridized carbons (Fsp3) is 0.100. The molecule has 0 bridgehead atoms. The maximum Gasteiger partial charge on any atom is 0.349 e. The maximum atomic E-state index is 11.8. The molecule has 1 atom stereocenters. The van der Waals surface area contributed by atoms with Gasteiger partial charge in [0.05, 0.1) is 6.33 Å². The quantitative estimate of drug-likeness (QED) is 0.919. The van der Waals surface area contributed by atoms with Gasteiger partial charge >= 0.3 is 5.97 Å². The second-order valence-electron chi connectivity index (χ2n) is 2.65. The summed E-state index contributed by atoms with van der Waals surface area (Å²) in [6.45, 7) is 0. The molecule has 1 rings (SSSR count). The Labute approximate surface area is 94.3 Å². The third-order valence-corrected chi connectivity index (χ3v) is 2.10. The second kappa shape index (κ2) is 5.50. The largest absolute Gasteiger partial charge is 0.478 e. The average molecular weight is 275 g/mol. The summed E-state index contributed by atoms with van der Waals surface area (Å²) in [5.41, 5.74) is 0. The molecule has 80 valence electrons. The van der Waals surface area contributed by atoms with E-state index in [1.807, 2.05) is 0 Å². The van der Waals surface area contributed by atoms with Crippen LogP contribution in [0.25, 0.3) is 0 Å². The SMILES string of the molecule is O=C(O)[C@H](/C=C/F)Oc1ccc(Br)cc1. The number of halogens is 2. The van der Waals surface area contributed by atoms with E-state index in [0.717, 1.165) is 10.5 Å². The van der Waals surface area contributed by atoms with Crippen LogP contribution in [0.1, 0.15) is 0 Å². The Morgan fingerprint density at radius 2 is 2.07 bits per heavy atom. The molecule has 0 unspecified atom stereocenters. The smallest absolute Gasteiger partial charge is 0.349 e. The van der Waals surface area contributed by atoms with Gasteiger partial charge in [0.15, 0.2) is 0 Å². The van der Waals surface area contributed by atoms with Gasteiger partial charge in [-0.1, -0.05) is 15.9 Å². The van der Waals surface area contributed by atoms with Crippen LogP contribution in [0.2, 0.25) is 0 Å². The Morgan fingerprint density at radius 1 is 1.47 bits per heavy atom. The van der Waals surface area contributed by atoms with E-state index in [9.17, 15) is 9.18 Å². The third-order valence-electron chi connectivity index (χ3n) is 1.57. The molecule has 1 aromatic rings. The molecule has 1 N–H and O–H groups in total. The maximum absolute atomic E-state index is 11.8. The number of benzene rings is 1. The molecule has 0 aromatic heterocycles. The third kappa shape index (κ3) is 3.71. The highest BCUT2D eigenvalue weighted by Crippen LogP contribution is 2.17. The molecule has 0 spiro atoms. The molecule has 3 nitrogen and oxygen atoms in total. The van der Waals surface area contributed by atoms with Crippen molar-refractivity contribution in [1.82, 2.24) is 0 Å². The molecule has 15 heavy (non-hydrogen) atoms. The van der Waals surface area contributed by atoms with Crippen molar-refractivity contribution in [3.63, 3.8) is 0 Å². The molecule has 0 radical (unpaired) electrons. The van der Waals surface area contributed by atoms with Crippen LogP contribution in [0.5, 0.6) is 5.75 Å². The van der Waals surface area contributed by atoms with Crippen molar-refractivity contribution >= 4 is 21.9 Å². The number of carboxylic acid groups (broad SMARTS) is 1. The van der Waals surface area contributed by atoms with Gasteiger partial charge in [0, 0.05) is 4.47 Å². The zero-order valence-electron chi connectivity index (χ0n) is 7.56. The number of ether oxygens (including phenoxy) is 1. The molecule has 1 aromatic carbocycles. The van der Waals surface area contributed by atoms with Gasteiger partial charge in [-0.25, -0.2) is 9.18 Å². The molecular formula is C10H8BrFO3. The van der Waals surface area contributed by atoms with Gasteiger partial charge in [0.1, 0.15) is 5.75 Å². The predicted molar refractivity (Wildman–Crippen MR) is 56.4 cm³/mol. The average Bonchev–Trinajstić information content (AvgIpc) is 2.20. The van der Waals surface area contributed by atoms with Crippen molar-refractivity contribution in [2.45, 2.75) is 6.10 Å². The Bertz CT molecular complexity index is 361.